The second-order valence-electron chi connectivity index (χ2n) is 4.00. The van der Waals surface area contributed by atoms with Gasteiger partial charge in [0, 0.05) is 0 Å². The molecule has 106 valence electrons. The first-order valence-electron chi connectivity index (χ1n) is 5.66. The van der Waals surface area contributed by atoms with Crippen molar-refractivity contribution in [3.63, 3.8) is 0 Å². The molecule has 0 saturated heterocycles. The predicted octanol–water partition coefficient (Wildman–Crippen LogP) is 1.56. The summed E-state index contributed by atoms with van der Waals surface area (Å²) >= 11 is 0. The highest BCUT2D eigenvalue weighted by atomic mass is 19.4. The Labute approximate surface area is 108 Å². The third-order valence-electron chi connectivity index (χ3n) is 2.33. The van der Waals surface area contributed by atoms with Crippen molar-refractivity contribution in [2.75, 3.05) is 6.61 Å². The van der Waals surface area contributed by atoms with Crippen molar-refractivity contribution in [3.05, 3.63) is 35.9 Å². The molecule has 3 N–H and O–H groups in total. The minimum atomic E-state index is -4.48. The van der Waals surface area contributed by atoms with Gasteiger partial charge in [-0.1, -0.05) is 30.3 Å². The summed E-state index contributed by atoms with van der Waals surface area (Å²) in [6.45, 7) is -1.54. The molecule has 0 saturated carbocycles. The SMILES string of the molecule is N[C@@H](CCc1ccccc1)C(=O)NOCC(F)(F)F. The first-order valence-corrected chi connectivity index (χ1v) is 5.66. The number of rotatable bonds is 6. The number of hydrogen-bond acceptors (Lipinski definition) is 3. The molecule has 0 aliphatic rings. The van der Waals surface area contributed by atoms with Gasteiger partial charge in [-0.15, -0.1) is 0 Å². The van der Waals surface area contributed by atoms with E-state index < -0.39 is 24.7 Å². The molecular weight excluding hydrogens is 261 g/mol. The van der Waals surface area contributed by atoms with Crippen LogP contribution in [0.2, 0.25) is 0 Å². The Morgan fingerprint density at radius 3 is 2.53 bits per heavy atom. The second kappa shape index (κ2) is 7.10. The zero-order valence-corrected chi connectivity index (χ0v) is 10.1. The van der Waals surface area contributed by atoms with Crippen LogP contribution in [0.5, 0.6) is 0 Å². The number of alkyl halides is 3. The molecule has 0 spiro atoms. The van der Waals surface area contributed by atoms with E-state index in [-0.39, 0.29) is 0 Å². The third kappa shape index (κ3) is 6.78. The number of nitrogens with two attached hydrogens (primary N) is 1. The van der Waals surface area contributed by atoms with Crippen molar-refractivity contribution >= 4 is 5.91 Å². The van der Waals surface area contributed by atoms with Crippen molar-refractivity contribution < 1.29 is 22.8 Å². The number of amides is 1. The highest BCUT2D eigenvalue weighted by Crippen LogP contribution is 2.13. The summed E-state index contributed by atoms with van der Waals surface area (Å²) in [6, 6.07) is 8.42. The van der Waals surface area contributed by atoms with Gasteiger partial charge in [-0.2, -0.15) is 13.2 Å². The van der Waals surface area contributed by atoms with Crippen LogP contribution in [0.25, 0.3) is 0 Å². The Morgan fingerprint density at radius 2 is 1.95 bits per heavy atom. The molecule has 7 heteroatoms. The largest absolute Gasteiger partial charge is 0.414 e. The molecule has 4 nitrogen and oxygen atoms in total. The van der Waals surface area contributed by atoms with E-state index in [1.54, 1.807) is 5.48 Å². The van der Waals surface area contributed by atoms with Crippen LogP contribution in [0.15, 0.2) is 30.3 Å². The first-order chi connectivity index (χ1) is 8.88. The summed E-state index contributed by atoms with van der Waals surface area (Å²) in [5.74, 6) is -0.764. The lowest BCUT2D eigenvalue weighted by Crippen LogP contribution is -2.42. The van der Waals surface area contributed by atoms with Gasteiger partial charge in [0.05, 0.1) is 6.04 Å². The van der Waals surface area contributed by atoms with E-state index in [1.807, 2.05) is 30.3 Å². The lowest BCUT2D eigenvalue weighted by molar-refractivity contribution is -0.192. The number of halogens is 3. The van der Waals surface area contributed by atoms with Crippen LogP contribution >= 0.6 is 0 Å². The molecule has 19 heavy (non-hydrogen) atoms. The fourth-order valence-electron chi connectivity index (χ4n) is 1.36. The molecule has 0 heterocycles. The van der Waals surface area contributed by atoms with Crippen molar-refractivity contribution in [1.82, 2.24) is 5.48 Å². The van der Waals surface area contributed by atoms with Crippen LogP contribution in [-0.2, 0) is 16.1 Å². The maximum atomic E-state index is 11.8. The van der Waals surface area contributed by atoms with Gasteiger partial charge in [0.1, 0.15) is 0 Å². The molecular formula is C12H15F3N2O2. The van der Waals surface area contributed by atoms with Gasteiger partial charge in [-0.05, 0) is 18.4 Å². The Bertz CT molecular complexity index is 396. The van der Waals surface area contributed by atoms with Gasteiger partial charge in [0.25, 0.3) is 5.91 Å². The number of hydroxylamine groups is 1. The fourth-order valence-corrected chi connectivity index (χ4v) is 1.36. The van der Waals surface area contributed by atoms with Crippen molar-refractivity contribution in [3.8, 4) is 0 Å². The predicted molar refractivity (Wildman–Crippen MR) is 62.9 cm³/mol. The van der Waals surface area contributed by atoms with Crippen LogP contribution in [0.4, 0.5) is 13.2 Å². The summed E-state index contributed by atoms with van der Waals surface area (Å²) in [5.41, 5.74) is 8.23. The number of carbonyl (C=O) groups is 1. The number of benzene rings is 1. The summed E-state index contributed by atoms with van der Waals surface area (Å²) in [5, 5.41) is 0. The molecule has 0 aliphatic carbocycles. The highest BCUT2D eigenvalue weighted by molar-refractivity contribution is 5.80. The average Bonchev–Trinajstić information content (AvgIpc) is 2.35. The average molecular weight is 276 g/mol. The van der Waals surface area contributed by atoms with Crippen LogP contribution in [0, 0.1) is 0 Å². The quantitative estimate of drug-likeness (QED) is 0.775. The lowest BCUT2D eigenvalue weighted by atomic mass is 10.1. The van der Waals surface area contributed by atoms with Crippen LogP contribution in [0.1, 0.15) is 12.0 Å². The molecule has 0 aromatic heterocycles. The highest BCUT2D eigenvalue weighted by Gasteiger charge is 2.28. The molecule has 0 fully saturated rings. The minimum Gasteiger partial charge on any atom is -0.320 e. The van der Waals surface area contributed by atoms with Gasteiger partial charge < -0.3 is 5.73 Å². The molecule has 1 atom stereocenters. The zero-order chi connectivity index (χ0) is 14.3. The van der Waals surface area contributed by atoms with Crippen LogP contribution in [-0.4, -0.2) is 24.7 Å². The third-order valence-corrected chi connectivity index (χ3v) is 2.33. The van der Waals surface area contributed by atoms with Gasteiger partial charge in [-0.25, -0.2) is 5.48 Å². The van der Waals surface area contributed by atoms with Crippen molar-refractivity contribution in [1.29, 1.82) is 0 Å². The van der Waals surface area contributed by atoms with E-state index in [0.717, 1.165) is 5.56 Å². The normalized spacial score (nSPS) is 13.1. The molecule has 0 aliphatic heterocycles. The number of aryl methyl sites for hydroxylation is 1. The number of hydrogen-bond donors (Lipinski definition) is 2. The van der Waals surface area contributed by atoms with E-state index in [0.29, 0.717) is 12.8 Å². The lowest BCUT2D eigenvalue weighted by Gasteiger charge is -2.13. The standard InChI is InChI=1S/C12H15F3N2O2/c13-12(14,15)8-19-17-11(18)10(16)7-6-9-4-2-1-3-5-9/h1-5,10H,6-8,16H2,(H,17,18)/t10-/m0/s1. The summed E-state index contributed by atoms with van der Waals surface area (Å²) in [4.78, 5) is 15.4. The summed E-state index contributed by atoms with van der Waals surface area (Å²) in [7, 11) is 0. The molecule has 0 unspecified atom stereocenters. The Hall–Kier alpha value is -1.60. The monoisotopic (exact) mass is 276 g/mol. The number of carbonyl (C=O) groups excluding carboxylic acids is 1. The van der Waals surface area contributed by atoms with E-state index in [1.165, 1.54) is 0 Å². The van der Waals surface area contributed by atoms with E-state index in [2.05, 4.69) is 4.84 Å². The minimum absolute atomic E-state index is 0.325. The van der Waals surface area contributed by atoms with Gasteiger partial charge in [0.2, 0.25) is 0 Å². The van der Waals surface area contributed by atoms with Crippen LogP contribution in [0.3, 0.4) is 0 Å². The molecule has 1 aromatic carbocycles. The van der Waals surface area contributed by atoms with Gasteiger partial charge in [-0.3, -0.25) is 9.63 Å². The van der Waals surface area contributed by atoms with E-state index >= 15 is 0 Å². The fraction of sp³-hybridized carbons (Fsp3) is 0.417. The zero-order valence-electron chi connectivity index (χ0n) is 10.1. The smallest absolute Gasteiger partial charge is 0.320 e. The van der Waals surface area contributed by atoms with Crippen LogP contribution < -0.4 is 11.2 Å². The summed E-state index contributed by atoms with van der Waals surface area (Å²) < 4.78 is 35.3. The topological polar surface area (TPSA) is 64.4 Å². The second-order valence-corrected chi connectivity index (χ2v) is 4.00. The van der Waals surface area contributed by atoms with E-state index in [4.69, 9.17) is 5.73 Å². The van der Waals surface area contributed by atoms with Gasteiger partial charge >= 0.3 is 6.18 Å². The maximum Gasteiger partial charge on any atom is 0.414 e. The molecule has 1 rings (SSSR count). The molecule has 1 amide bonds. The molecule has 0 bridgehead atoms. The Balaban J connectivity index is 2.25. The van der Waals surface area contributed by atoms with Crippen molar-refractivity contribution in [2.24, 2.45) is 5.73 Å². The number of nitrogens with one attached hydrogen (secondary N) is 1. The first kappa shape index (κ1) is 15.5. The summed E-state index contributed by atoms with van der Waals surface area (Å²) in [6.07, 6.45) is -3.60. The van der Waals surface area contributed by atoms with E-state index in [9.17, 15) is 18.0 Å². The molecule has 1 aromatic rings. The Kier molecular flexibility index (Phi) is 5.78. The van der Waals surface area contributed by atoms with Gasteiger partial charge in [0.15, 0.2) is 6.61 Å². The van der Waals surface area contributed by atoms with Crippen molar-refractivity contribution in [2.45, 2.75) is 25.1 Å². The Morgan fingerprint density at radius 1 is 1.32 bits per heavy atom. The molecule has 0 radical (unpaired) electrons. The maximum absolute atomic E-state index is 11.8.